The largest absolute Gasteiger partial charge is 0.328 e. The van der Waals surface area contributed by atoms with Gasteiger partial charge in [-0.3, -0.25) is 0 Å². The summed E-state index contributed by atoms with van der Waals surface area (Å²) in [4.78, 5) is 6.24. The molecule has 19 heavy (non-hydrogen) atoms. The van der Waals surface area contributed by atoms with Crippen LogP contribution in [0.2, 0.25) is 0 Å². The van der Waals surface area contributed by atoms with E-state index in [1.54, 1.807) is 18.2 Å². The molecular formula is C15H12N4. The van der Waals surface area contributed by atoms with Crippen molar-refractivity contribution in [2.75, 3.05) is 11.9 Å². The molecule has 0 saturated heterocycles. The first-order chi connectivity index (χ1) is 9.15. The zero-order chi connectivity index (χ0) is 13.8. The summed E-state index contributed by atoms with van der Waals surface area (Å²) < 4.78 is 0. The zero-order valence-corrected chi connectivity index (χ0v) is 10.8. The van der Waals surface area contributed by atoms with E-state index in [4.69, 9.17) is 10.5 Å². The minimum atomic E-state index is 0.525. The first kappa shape index (κ1) is 12.6. The van der Waals surface area contributed by atoms with Gasteiger partial charge in [0.25, 0.3) is 0 Å². The van der Waals surface area contributed by atoms with Crippen molar-refractivity contribution >= 4 is 11.5 Å². The van der Waals surface area contributed by atoms with Gasteiger partial charge in [-0.1, -0.05) is 0 Å². The van der Waals surface area contributed by atoms with E-state index >= 15 is 0 Å². The summed E-state index contributed by atoms with van der Waals surface area (Å²) in [5.74, 6) is 0.618. The topological polar surface area (TPSA) is 63.7 Å². The van der Waals surface area contributed by atoms with Crippen molar-refractivity contribution < 1.29 is 0 Å². The number of nitrogens with zero attached hydrogens (tertiary/aromatic N) is 4. The van der Waals surface area contributed by atoms with E-state index < -0.39 is 0 Å². The van der Waals surface area contributed by atoms with Crippen LogP contribution >= 0.6 is 0 Å². The van der Waals surface area contributed by atoms with Crippen molar-refractivity contribution in [1.82, 2.24) is 4.98 Å². The number of hydrogen-bond acceptors (Lipinski definition) is 4. The van der Waals surface area contributed by atoms with Crippen LogP contribution < -0.4 is 4.90 Å². The van der Waals surface area contributed by atoms with Gasteiger partial charge < -0.3 is 4.90 Å². The van der Waals surface area contributed by atoms with Crippen molar-refractivity contribution in [3.05, 3.63) is 53.2 Å². The van der Waals surface area contributed by atoms with Gasteiger partial charge >= 0.3 is 0 Å². The first-order valence-corrected chi connectivity index (χ1v) is 5.77. The fraction of sp³-hybridized carbons (Fsp3) is 0.133. The standard InChI is InChI=1S/C15H12N4/c1-11-3-6-13(10-17)15(18-11)19(2)14-7-4-12(9-16)5-8-14/h3-8H,1-2H3. The van der Waals surface area contributed by atoms with Crippen LogP contribution in [-0.4, -0.2) is 12.0 Å². The molecule has 1 aromatic heterocycles. The lowest BCUT2D eigenvalue weighted by atomic mass is 10.2. The number of hydrogen-bond donors (Lipinski definition) is 0. The molecule has 0 atom stereocenters. The lowest BCUT2D eigenvalue weighted by molar-refractivity contribution is 1.08. The second-order valence-corrected chi connectivity index (χ2v) is 4.15. The molecule has 4 heteroatoms. The Morgan fingerprint density at radius 2 is 1.68 bits per heavy atom. The maximum atomic E-state index is 9.13. The summed E-state index contributed by atoms with van der Waals surface area (Å²) in [5.41, 5.74) is 2.87. The number of pyridine rings is 1. The van der Waals surface area contributed by atoms with Gasteiger partial charge in [-0.25, -0.2) is 4.98 Å². The molecule has 0 aliphatic rings. The van der Waals surface area contributed by atoms with Crippen molar-refractivity contribution in [2.45, 2.75) is 6.92 Å². The van der Waals surface area contributed by atoms with Crippen LogP contribution in [-0.2, 0) is 0 Å². The highest BCUT2D eigenvalue weighted by Gasteiger charge is 2.11. The predicted octanol–water partition coefficient (Wildman–Crippen LogP) is 2.90. The van der Waals surface area contributed by atoms with Gasteiger partial charge in [0.15, 0.2) is 5.82 Å². The smallest absolute Gasteiger partial charge is 0.150 e. The molecule has 0 unspecified atom stereocenters. The van der Waals surface area contributed by atoms with Crippen molar-refractivity contribution in [3.8, 4) is 12.1 Å². The Bertz CT molecular complexity index is 675. The molecule has 0 amide bonds. The Labute approximate surface area is 112 Å². The highest BCUT2D eigenvalue weighted by Crippen LogP contribution is 2.25. The highest BCUT2D eigenvalue weighted by atomic mass is 15.2. The third-order valence-electron chi connectivity index (χ3n) is 2.84. The third-order valence-corrected chi connectivity index (χ3v) is 2.84. The molecule has 0 bridgehead atoms. The second kappa shape index (κ2) is 5.20. The summed E-state index contributed by atoms with van der Waals surface area (Å²) in [7, 11) is 1.85. The van der Waals surface area contributed by atoms with Gasteiger partial charge in [-0.15, -0.1) is 0 Å². The molecular weight excluding hydrogens is 236 g/mol. The number of rotatable bonds is 2. The van der Waals surface area contributed by atoms with E-state index in [2.05, 4.69) is 17.1 Å². The molecule has 0 aliphatic heterocycles. The van der Waals surface area contributed by atoms with E-state index in [9.17, 15) is 0 Å². The van der Waals surface area contributed by atoms with Crippen LogP contribution in [0.3, 0.4) is 0 Å². The second-order valence-electron chi connectivity index (χ2n) is 4.15. The molecule has 0 fully saturated rings. The van der Waals surface area contributed by atoms with E-state index in [0.717, 1.165) is 11.4 Å². The molecule has 1 aromatic carbocycles. The summed E-state index contributed by atoms with van der Waals surface area (Å²) >= 11 is 0. The number of benzene rings is 1. The van der Waals surface area contributed by atoms with Crippen LogP contribution in [0.4, 0.5) is 11.5 Å². The van der Waals surface area contributed by atoms with E-state index in [0.29, 0.717) is 16.9 Å². The molecule has 0 saturated carbocycles. The quantitative estimate of drug-likeness (QED) is 0.819. The van der Waals surface area contributed by atoms with Gasteiger partial charge in [-0.05, 0) is 43.3 Å². The molecule has 0 aliphatic carbocycles. The van der Waals surface area contributed by atoms with Gasteiger partial charge in [0.2, 0.25) is 0 Å². The third kappa shape index (κ3) is 2.53. The molecule has 4 nitrogen and oxygen atoms in total. The van der Waals surface area contributed by atoms with Gasteiger partial charge in [0.05, 0.1) is 17.2 Å². The molecule has 1 heterocycles. The van der Waals surface area contributed by atoms with Crippen LogP contribution in [0, 0.1) is 29.6 Å². The summed E-state index contributed by atoms with van der Waals surface area (Å²) in [6.45, 7) is 1.89. The molecule has 0 radical (unpaired) electrons. The van der Waals surface area contributed by atoms with Crippen molar-refractivity contribution in [3.63, 3.8) is 0 Å². The Morgan fingerprint density at radius 1 is 1.00 bits per heavy atom. The molecule has 0 N–H and O–H groups in total. The SMILES string of the molecule is Cc1ccc(C#N)c(N(C)c2ccc(C#N)cc2)n1. The number of aromatic nitrogens is 1. The molecule has 2 rings (SSSR count). The minimum absolute atomic E-state index is 0.525. The normalized spacial score (nSPS) is 9.47. The minimum Gasteiger partial charge on any atom is -0.328 e. The van der Waals surface area contributed by atoms with E-state index in [1.807, 2.05) is 37.1 Å². The average molecular weight is 248 g/mol. The Hall–Kier alpha value is -2.85. The van der Waals surface area contributed by atoms with Crippen LogP contribution in [0.15, 0.2) is 36.4 Å². The maximum Gasteiger partial charge on any atom is 0.150 e. The average Bonchev–Trinajstić information content (AvgIpc) is 2.46. The molecule has 92 valence electrons. The van der Waals surface area contributed by atoms with Crippen LogP contribution in [0.5, 0.6) is 0 Å². The Morgan fingerprint density at radius 3 is 2.26 bits per heavy atom. The van der Waals surface area contributed by atoms with E-state index in [-0.39, 0.29) is 0 Å². The Balaban J connectivity index is 2.44. The fourth-order valence-electron chi connectivity index (χ4n) is 1.77. The lowest BCUT2D eigenvalue weighted by Crippen LogP contribution is -2.13. The number of nitriles is 2. The summed E-state index contributed by atoms with van der Waals surface area (Å²) in [6, 6.07) is 15.0. The number of aryl methyl sites for hydroxylation is 1. The first-order valence-electron chi connectivity index (χ1n) is 5.77. The summed E-state index contributed by atoms with van der Waals surface area (Å²) in [6.07, 6.45) is 0. The zero-order valence-electron chi connectivity index (χ0n) is 10.8. The summed E-state index contributed by atoms with van der Waals surface area (Å²) in [5, 5.41) is 17.9. The monoisotopic (exact) mass is 248 g/mol. The lowest BCUT2D eigenvalue weighted by Gasteiger charge is -2.19. The number of anilines is 2. The Kier molecular flexibility index (Phi) is 3.45. The highest BCUT2D eigenvalue weighted by molar-refractivity contribution is 5.65. The molecule has 0 spiro atoms. The van der Waals surface area contributed by atoms with Gasteiger partial charge in [-0.2, -0.15) is 10.5 Å². The van der Waals surface area contributed by atoms with Crippen LogP contribution in [0.1, 0.15) is 16.8 Å². The van der Waals surface area contributed by atoms with Gasteiger partial charge in [0.1, 0.15) is 6.07 Å². The molecule has 2 aromatic rings. The predicted molar refractivity (Wildman–Crippen MR) is 72.9 cm³/mol. The maximum absolute atomic E-state index is 9.13. The van der Waals surface area contributed by atoms with Crippen molar-refractivity contribution in [2.24, 2.45) is 0 Å². The van der Waals surface area contributed by atoms with Crippen LogP contribution in [0.25, 0.3) is 0 Å². The fourth-order valence-corrected chi connectivity index (χ4v) is 1.77. The van der Waals surface area contributed by atoms with E-state index in [1.165, 1.54) is 0 Å². The van der Waals surface area contributed by atoms with Crippen molar-refractivity contribution in [1.29, 1.82) is 10.5 Å². The van der Waals surface area contributed by atoms with Gasteiger partial charge in [0, 0.05) is 18.4 Å².